The molecule has 6 nitrogen and oxygen atoms in total. The van der Waals surface area contributed by atoms with Gasteiger partial charge in [-0.05, 0) is 29.7 Å². The van der Waals surface area contributed by atoms with E-state index in [0.29, 0.717) is 28.5 Å². The molecule has 0 atom stereocenters. The molecular weight excluding hydrogens is 424 g/mol. The van der Waals surface area contributed by atoms with E-state index >= 15 is 0 Å². The van der Waals surface area contributed by atoms with Crippen LogP contribution < -0.4 is 4.74 Å². The Kier molecular flexibility index (Phi) is 7.63. The third kappa shape index (κ3) is 5.23. The minimum Gasteiger partial charge on any atom is -0.497 e. The zero-order valence-corrected chi connectivity index (χ0v) is 19.1. The summed E-state index contributed by atoms with van der Waals surface area (Å²) < 4.78 is 10.6. The van der Waals surface area contributed by atoms with Gasteiger partial charge in [-0.2, -0.15) is 0 Å². The SMILES string of the molecule is COc1ccc(C2=C(SCc3ccccc3)C(=O)N(CCCN3CCOCC3)C2=O)cc1. The van der Waals surface area contributed by atoms with Gasteiger partial charge in [0.15, 0.2) is 0 Å². The number of carbonyl (C=O) groups is 2. The standard InChI is InChI=1S/C25H28N2O4S/c1-30-21-10-8-20(9-11-21)22-23(32-18-19-6-3-2-4-7-19)25(29)27(24(22)28)13-5-12-26-14-16-31-17-15-26/h2-4,6-11H,5,12-18H2,1H3. The second-order valence-corrected chi connectivity index (χ2v) is 8.76. The fourth-order valence-corrected chi connectivity index (χ4v) is 5.00. The Hall–Kier alpha value is -2.61. The number of thioether (sulfide) groups is 1. The lowest BCUT2D eigenvalue weighted by Gasteiger charge is -2.27. The van der Waals surface area contributed by atoms with E-state index in [2.05, 4.69) is 4.90 Å². The molecule has 2 amide bonds. The van der Waals surface area contributed by atoms with Gasteiger partial charge in [0.05, 0.1) is 30.8 Å². The number of nitrogens with zero attached hydrogens (tertiary/aromatic N) is 2. The van der Waals surface area contributed by atoms with E-state index in [-0.39, 0.29) is 11.8 Å². The van der Waals surface area contributed by atoms with Crippen molar-refractivity contribution in [1.82, 2.24) is 9.80 Å². The Bertz CT molecular complexity index is 969. The van der Waals surface area contributed by atoms with Gasteiger partial charge in [0.2, 0.25) is 0 Å². The third-order valence-electron chi connectivity index (χ3n) is 5.69. The highest BCUT2D eigenvalue weighted by Gasteiger charge is 2.38. The number of rotatable bonds is 9. The number of benzene rings is 2. The number of hydrogen-bond donors (Lipinski definition) is 0. The number of ether oxygens (including phenoxy) is 2. The molecule has 0 N–H and O–H groups in total. The minimum atomic E-state index is -0.210. The van der Waals surface area contributed by atoms with Crippen molar-refractivity contribution in [2.75, 3.05) is 46.5 Å². The summed E-state index contributed by atoms with van der Waals surface area (Å²) in [5.41, 5.74) is 2.35. The van der Waals surface area contributed by atoms with Crippen LogP contribution in [0.15, 0.2) is 59.5 Å². The van der Waals surface area contributed by atoms with E-state index < -0.39 is 0 Å². The Morgan fingerprint density at radius 3 is 2.34 bits per heavy atom. The number of imide groups is 1. The summed E-state index contributed by atoms with van der Waals surface area (Å²) in [5, 5.41) is 0. The van der Waals surface area contributed by atoms with E-state index in [1.54, 1.807) is 7.11 Å². The van der Waals surface area contributed by atoms with Crippen LogP contribution in [0.4, 0.5) is 0 Å². The molecule has 1 saturated heterocycles. The van der Waals surface area contributed by atoms with Gasteiger partial charge in [0, 0.05) is 31.9 Å². The van der Waals surface area contributed by atoms with Gasteiger partial charge < -0.3 is 9.47 Å². The maximum absolute atomic E-state index is 13.3. The topological polar surface area (TPSA) is 59.1 Å². The molecule has 0 spiro atoms. The van der Waals surface area contributed by atoms with E-state index in [9.17, 15) is 9.59 Å². The van der Waals surface area contributed by atoms with Crippen molar-refractivity contribution in [3.05, 3.63) is 70.6 Å². The lowest BCUT2D eigenvalue weighted by Crippen LogP contribution is -2.39. The summed E-state index contributed by atoms with van der Waals surface area (Å²) >= 11 is 1.44. The molecule has 4 rings (SSSR count). The van der Waals surface area contributed by atoms with E-state index in [0.717, 1.165) is 50.4 Å². The number of carbonyl (C=O) groups excluding carboxylic acids is 2. The highest BCUT2D eigenvalue weighted by atomic mass is 32.2. The van der Waals surface area contributed by atoms with Crippen LogP contribution in [0.5, 0.6) is 5.75 Å². The maximum atomic E-state index is 13.3. The molecule has 0 bridgehead atoms. The first-order chi connectivity index (χ1) is 15.7. The van der Waals surface area contributed by atoms with Crippen molar-refractivity contribution < 1.29 is 19.1 Å². The van der Waals surface area contributed by atoms with Crippen LogP contribution in [0.1, 0.15) is 17.5 Å². The molecule has 0 radical (unpaired) electrons. The molecule has 0 aliphatic carbocycles. The maximum Gasteiger partial charge on any atom is 0.267 e. The Labute approximate surface area is 193 Å². The van der Waals surface area contributed by atoms with Gasteiger partial charge in [-0.25, -0.2) is 0 Å². The predicted octanol–water partition coefficient (Wildman–Crippen LogP) is 3.43. The molecule has 0 unspecified atom stereocenters. The van der Waals surface area contributed by atoms with Crippen molar-refractivity contribution >= 4 is 29.1 Å². The monoisotopic (exact) mass is 452 g/mol. The average Bonchev–Trinajstić information content (AvgIpc) is 3.08. The molecule has 7 heteroatoms. The van der Waals surface area contributed by atoms with E-state index in [1.165, 1.54) is 16.7 Å². The molecule has 2 aliphatic heterocycles. The van der Waals surface area contributed by atoms with Crippen LogP contribution >= 0.6 is 11.8 Å². The predicted molar refractivity (Wildman–Crippen MR) is 126 cm³/mol. The van der Waals surface area contributed by atoms with Crippen LogP contribution in [-0.4, -0.2) is 68.1 Å². The largest absolute Gasteiger partial charge is 0.497 e. The Balaban J connectivity index is 1.51. The van der Waals surface area contributed by atoms with Crippen molar-refractivity contribution in [2.24, 2.45) is 0 Å². The molecule has 2 aliphatic rings. The molecule has 0 aromatic heterocycles. The fourth-order valence-electron chi connectivity index (χ4n) is 3.91. The zero-order chi connectivity index (χ0) is 22.3. The number of morpholine rings is 1. The third-order valence-corrected chi connectivity index (χ3v) is 6.84. The number of hydrogen-bond acceptors (Lipinski definition) is 6. The molecule has 168 valence electrons. The van der Waals surface area contributed by atoms with Crippen molar-refractivity contribution in [3.63, 3.8) is 0 Å². The van der Waals surface area contributed by atoms with Gasteiger partial charge in [-0.1, -0.05) is 42.5 Å². The minimum absolute atomic E-state index is 0.191. The van der Waals surface area contributed by atoms with Crippen LogP contribution in [-0.2, 0) is 20.1 Å². The average molecular weight is 453 g/mol. The summed E-state index contributed by atoms with van der Waals surface area (Å²) in [6.45, 7) is 4.55. The normalized spacial score (nSPS) is 17.3. The highest BCUT2D eigenvalue weighted by Crippen LogP contribution is 2.38. The van der Waals surface area contributed by atoms with Crippen LogP contribution in [0.25, 0.3) is 5.57 Å². The van der Waals surface area contributed by atoms with Gasteiger partial charge >= 0.3 is 0 Å². The van der Waals surface area contributed by atoms with E-state index in [1.807, 2.05) is 54.6 Å². The summed E-state index contributed by atoms with van der Waals surface area (Å²) in [5.74, 6) is 0.949. The fraction of sp³-hybridized carbons (Fsp3) is 0.360. The second kappa shape index (κ2) is 10.8. The second-order valence-electron chi connectivity index (χ2n) is 7.78. The molecule has 1 fully saturated rings. The lowest BCUT2D eigenvalue weighted by atomic mass is 10.1. The van der Waals surface area contributed by atoms with Crippen LogP contribution in [0, 0.1) is 0 Å². The summed E-state index contributed by atoms with van der Waals surface area (Å²) in [6.07, 6.45) is 0.754. The van der Waals surface area contributed by atoms with Gasteiger partial charge in [0.1, 0.15) is 5.75 Å². The van der Waals surface area contributed by atoms with Crippen molar-refractivity contribution in [3.8, 4) is 5.75 Å². The Morgan fingerprint density at radius 1 is 0.938 bits per heavy atom. The smallest absolute Gasteiger partial charge is 0.267 e. The van der Waals surface area contributed by atoms with Crippen molar-refractivity contribution in [2.45, 2.75) is 12.2 Å². The first kappa shape index (κ1) is 22.6. The molecular formula is C25H28N2O4S. The lowest BCUT2D eigenvalue weighted by molar-refractivity contribution is -0.136. The molecule has 32 heavy (non-hydrogen) atoms. The van der Waals surface area contributed by atoms with Crippen molar-refractivity contribution in [1.29, 1.82) is 0 Å². The quantitative estimate of drug-likeness (QED) is 0.544. The summed E-state index contributed by atoms with van der Waals surface area (Å²) in [6, 6.07) is 17.3. The van der Waals surface area contributed by atoms with Gasteiger partial charge in [-0.3, -0.25) is 19.4 Å². The molecule has 2 heterocycles. The Morgan fingerprint density at radius 2 is 1.66 bits per heavy atom. The first-order valence-electron chi connectivity index (χ1n) is 10.9. The molecule has 2 aromatic carbocycles. The van der Waals surface area contributed by atoms with Gasteiger partial charge in [-0.15, -0.1) is 11.8 Å². The number of amides is 2. The van der Waals surface area contributed by atoms with Crippen LogP contribution in [0.3, 0.4) is 0 Å². The first-order valence-corrected chi connectivity index (χ1v) is 11.9. The molecule has 0 saturated carbocycles. The highest BCUT2D eigenvalue weighted by molar-refractivity contribution is 8.03. The van der Waals surface area contributed by atoms with E-state index in [4.69, 9.17) is 9.47 Å². The molecule has 2 aromatic rings. The number of methoxy groups -OCH3 is 1. The van der Waals surface area contributed by atoms with Crippen LogP contribution in [0.2, 0.25) is 0 Å². The van der Waals surface area contributed by atoms with Gasteiger partial charge in [0.25, 0.3) is 11.8 Å². The zero-order valence-electron chi connectivity index (χ0n) is 18.3. The summed E-state index contributed by atoms with van der Waals surface area (Å²) in [7, 11) is 1.61. The summed E-state index contributed by atoms with van der Waals surface area (Å²) in [4.78, 5) is 30.9.